The summed E-state index contributed by atoms with van der Waals surface area (Å²) in [5, 5.41) is 9.88. The number of hydrogen-bond donors (Lipinski definition) is 1. The van der Waals surface area contributed by atoms with E-state index in [4.69, 9.17) is 9.47 Å². The Bertz CT molecular complexity index is 527. The average Bonchev–Trinajstić information content (AvgIpc) is 3.03. The third-order valence-corrected chi connectivity index (χ3v) is 6.04. The predicted molar refractivity (Wildman–Crippen MR) is 98.1 cm³/mol. The van der Waals surface area contributed by atoms with E-state index in [0.29, 0.717) is 12.5 Å². The van der Waals surface area contributed by atoms with Gasteiger partial charge in [0, 0.05) is 19.0 Å². The summed E-state index contributed by atoms with van der Waals surface area (Å²) in [6.07, 6.45) is 10.6. The first kappa shape index (κ1) is 18.8. The van der Waals surface area contributed by atoms with Gasteiger partial charge in [-0.2, -0.15) is 0 Å². The van der Waals surface area contributed by atoms with Crippen LogP contribution in [0.4, 0.5) is 0 Å². The molecule has 0 aromatic carbocycles. The summed E-state index contributed by atoms with van der Waals surface area (Å²) in [4.78, 5) is 4.67. The van der Waals surface area contributed by atoms with Crippen LogP contribution in [0, 0.1) is 5.92 Å². The summed E-state index contributed by atoms with van der Waals surface area (Å²) >= 11 is 0. The van der Waals surface area contributed by atoms with Crippen LogP contribution in [0.1, 0.15) is 77.3 Å². The molecular formula is C21H33NO3. The number of aromatic nitrogens is 1. The Morgan fingerprint density at radius 3 is 2.68 bits per heavy atom. The van der Waals surface area contributed by atoms with Crippen molar-refractivity contribution in [2.75, 3.05) is 6.61 Å². The number of hydrogen-bond acceptors (Lipinski definition) is 4. The molecule has 4 heteroatoms. The second kappa shape index (κ2) is 8.15. The zero-order chi connectivity index (χ0) is 17.8. The van der Waals surface area contributed by atoms with E-state index in [1.807, 2.05) is 18.3 Å². The van der Waals surface area contributed by atoms with Crippen LogP contribution in [0.5, 0.6) is 0 Å². The molecule has 1 aromatic rings. The molecule has 1 spiro atoms. The first-order valence-corrected chi connectivity index (χ1v) is 10.1. The molecule has 1 aliphatic carbocycles. The molecule has 1 N–H and O–H groups in total. The maximum Gasteiger partial charge on any atom is 0.170 e. The normalized spacial score (nSPS) is 33.6. The van der Waals surface area contributed by atoms with Gasteiger partial charge in [0.05, 0.1) is 18.4 Å². The van der Waals surface area contributed by atoms with Crippen LogP contribution in [0.2, 0.25) is 0 Å². The van der Waals surface area contributed by atoms with E-state index in [9.17, 15) is 5.11 Å². The lowest BCUT2D eigenvalue weighted by Gasteiger charge is -2.39. The summed E-state index contributed by atoms with van der Waals surface area (Å²) < 4.78 is 13.1. The standard InChI is InChI=1S/C21H33NO3/c1-3-5-6-9-17(4-2)21(19-10-7-8-15-22-19)16-24-20(25-21)13-11-18(23)12-14-20/h7-8,10,15,17-18,23H,3-6,9,11-14,16H2,1-2H3. The largest absolute Gasteiger partial charge is 0.393 e. The molecule has 0 bridgehead atoms. The van der Waals surface area contributed by atoms with Gasteiger partial charge >= 0.3 is 0 Å². The van der Waals surface area contributed by atoms with Crippen molar-refractivity contribution in [1.29, 1.82) is 0 Å². The number of ether oxygens (including phenoxy) is 2. The Morgan fingerprint density at radius 2 is 2.04 bits per heavy atom. The van der Waals surface area contributed by atoms with Gasteiger partial charge in [0.25, 0.3) is 0 Å². The van der Waals surface area contributed by atoms with Gasteiger partial charge in [-0.3, -0.25) is 4.98 Å². The highest BCUT2D eigenvalue weighted by molar-refractivity contribution is 5.18. The zero-order valence-electron chi connectivity index (χ0n) is 15.7. The van der Waals surface area contributed by atoms with Crippen molar-refractivity contribution in [3.8, 4) is 0 Å². The van der Waals surface area contributed by atoms with E-state index in [1.165, 1.54) is 19.3 Å². The summed E-state index contributed by atoms with van der Waals surface area (Å²) in [6, 6.07) is 6.09. The van der Waals surface area contributed by atoms with Gasteiger partial charge in [-0.05, 0) is 37.3 Å². The Labute approximate surface area is 151 Å². The lowest BCUT2D eigenvalue weighted by atomic mass is 9.79. The van der Waals surface area contributed by atoms with Gasteiger partial charge in [-0.25, -0.2) is 0 Å². The van der Waals surface area contributed by atoms with Crippen molar-refractivity contribution in [2.45, 2.75) is 89.1 Å². The molecule has 3 rings (SSSR count). The van der Waals surface area contributed by atoms with Crippen LogP contribution in [0.3, 0.4) is 0 Å². The second-order valence-corrected chi connectivity index (χ2v) is 7.74. The van der Waals surface area contributed by atoms with E-state index in [2.05, 4.69) is 24.9 Å². The van der Waals surface area contributed by atoms with E-state index < -0.39 is 11.4 Å². The highest BCUT2D eigenvalue weighted by Gasteiger charge is 2.56. The van der Waals surface area contributed by atoms with Crippen LogP contribution in [-0.2, 0) is 15.1 Å². The minimum Gasteiger partial charge on any atom is -0.393 e. The fourth-order valence-electron chi connectivity index (χ4n) is 4.48. The molecule has 4 nitrogen and oxygen atoms in total. The molecule has 1 saturated carbocycles. The Balaban J connectivity index is 1.86. The average molecular weight is 347 g/mol. The SMILES string of the molecule is CCCCCC(CC)C1(c2ccccn2)COC2(CCC(O)CC2)O1. The molecule has 1 saturated heterocycles. The van der Waals surface area contributed by atoms with Crippen LogP contribution in [0.25, 0.3) is 0 Å². The van der Waals surface area contributed by atoms with Gasteiger partial charge in [0.1, 0.15) is 5.60 Å². The lowest BCUT2D eigenvalue weighted by molar-refractivity contribution is -0.225. The number of nitrogens with zero attached hydrogens (tertiary/aromatic N) is 1. The van der Waals surface area contributed by atoms with Crippen molar-refractivity contribution in [1.82, 2.24) is 4.98 Å². The van der Waals surface area contributed by atoms with Gasteiger partial charge < -0.3 is 14.6 Å². The maximum absolute atomic E-state index is 9.88. The van der Waals surface area contributed by atoms with Crippen LogP contribution in [0.15, 0.2) is 24.4 Å². The van der Waals surface area contributed by atoms with Crippen molar-refractivity contribution < 1.29 is 14.6 Å². The van der Waals surface area contributed by atoms with Gasteiger partial charge in [0.15, 0.2) is 5.79 Å². The first-order valence-electron chi connectivity index (χ1n) is 10.1. The molecule has 2 unspecified atom stereocenters. The van der Waals surface area contributed by atoms with E-state index in [1.54, 1.807) is 0 Å². The Morgan fingerprint density at radius 1 is 1.24 bits per heavy atom. The molecular weight excluding hydrogens is 314 g/mol. The summed E-state index contributed by atoms with van der Waals surface area (Å²) in [6.45, 7) is 5.07. The predicted octanol–water partition coefficient (Wildman–Crippen LogP) is 4.56. The third-order valence-electron chi connectivity index (χ3n) is 6.04. The van der Waals surface area contributed by atoms with Gasteiger partial charge in [-0.15, -0.1) is 0 Å². The van der Waals surface area contributed by atoms with Crippen molar-refractivity contribution in [3.05, 3.63) is 30.1 Å². The molecule has 1 aliphatic heterocycles. The molecule has 2 atom stereocenters. The topological polar surface area (TPSA) is 51.6 Å². The summed E-state index contributed by atoms with van der Waals surface area (Å²) in [5.41, 5.74) is 0.549. The number of aliphatic hydroxyl groups excluding tert-OH is 1. The van der Waals surface area contributed by atoms with Gasteiger partial charge in [-0.1, -0.05) is 45.6 Å². The number of aliphatic hydroxyl groups is 1. The lowest BCUT2D eigenvalue weighted by Crippen LogP contribution is -2.43. The van der Waals surface area contributed by atoms with E-state index >= 15 is 0 Å². The Hall–Kier alpha value is -0.970. The van der Waals surface area contributed by atoms with Gasteiger partial charge in [0.2, 0.25) is 0 Å². The minimum absolute atomic E-state index is 0.214. The fraction of sp³-hybridized carbons (Fsp3) is 0.762. The van der Waals surface area contributed by atoms with E-state index in [-0.39, 0.29) is 6.10 Å². The maximum atomic E-state index is 9.88. The van der Waals surface area contributed by atoms with Crippen molar-refractivity contribution >= 4 is 0 Å². The molecule has 2 heterocycles. The molecule has 2 fully saturated rings. The van der Waals surface area contributed by atoms with Crippen LogP contribution < -0.4 is 0 Å². The minimum atomic E-state index is -0.533. The Kier molecular flexibility index (Phi) is 6.13. The molecule has 0 radical (unpaired) electrons. The second-order valence-electron chi connectivity index (χ2n) is 7.74. The number of unbranched alkanes of at least 4 members (excludes halogenated alkanes) is 2. The van der Waals surface area contributed by atoms with Crippen LogP contribution >= 0.6 is 0 Å². The summed E-state index contributed by atoms with van der Waals surface area (Å²) in [7, 11) is 0. The smallest absolute Gasteiger partial charge is 0.170 e. The van der Waals surface area contributed by atoms with Crippen molar-refractivity contribution in [3.63, 3.8) is 0 Å². The number of rotatable bonds is 7. The first-order chi connectivity index (χ1) is 12.1. The number of pyridine rings is 1. The molecule has 0 amide bonds. The highest BCUT2D eigenvalue weighted by atomic mass is 16.8. The highest BCUT2D eigenvalue weighted by Crippen LogP contribution is 2.50. The quantitative estimate of drug-likeness (QED) is 0.735. The fourth-order valence-corrected chi connectivity index (χ4v) is 4.48. The molecule has 1 aromatic heterocycles. The van der Waals surface area contributed by atoms with E-state index in [0.717, 1.165) is 44.2 Å². The summed E-state index contributed by atoms with van der Waals surface area (Å²) in [5.74, 6) is -0.130. The van der Waals surface area contributed by atoms with Crippen molar-refractivity contribution in [2.24, 2.45) is 5.92 Å². The molecule has 25 heavy (non-hydrogen) atoms. The third kappa shape index (κ3) is 3.91. The zero-order valence-corrected chi connectivity index (χ0v) is 15.7. The molecule has 140 valence electrons. The molecule has 2 aliphatic rings. The monoisotopic (exact) mass is 347 g/mol. The van der Waals surface area contributed by atoms with Crippen LogP contribution in [-0.4, -0.2) is 28.6 Å².